The number of aryl methyl sites for hydroxylation is 1. The predicted octanol–water partition coefficient (Wildman–Crippen LogP) is 1.21. The van der Waals surface area contributed by atoms with Gasteiger partial charge in [0.15, 0.2) is 0 Å². The summed E-state index contributed by atoms with van der Waals surface area (Å²) < 4.78 is 1.84. The summed E-state index contributed by atoms with van der Waals surface area (Å²) in [6.07, 6.45) is 3.66. The van der Waals surface area contributed by atoms with Crippen LogP contribution in [0.3, 0.4) is 0 Å². The Kier molecular flexibility index (Phi) is 1.98. The topological polar surface area (TPSA) is 42.2 Å². The lowest BCUT2D eigenvalue weighted by Crippen LogP contribution is -2.06. The van der Waals surface area contributed by atoms with Gasteiger partial charge in [0, 0.05) is 19.4 Å². The largest absolute Gasteiger partial charge is 0.481 e. The molecule has 0 aromatic carbocycles. The van der Waals surface area contributed by atoms with Crippen LogP contribution >= 0.6 is 0 Å². The average molecular weight is 153 g/mol. The summed E-state index contributed by atoms with van der Waals surface area (Å²) in [7, 11) is 1.87. The van der Waals surface area contributed by atoms with Crippen LogP contribution in [0.25, 0.3) is 0 Å². The second kappa shape index (κ2) is 2.78. The molecule has 1 heterocycles. The molecular weight excluding hydrogens is 142 g/mol. The van der Waals surface area contributed by atoms with Crippen LogP contribution < -0.4 is 0 Å². The van der Waals surface area contributed by atoms with Gasteiger partial charge < -0.3 is 9.67 Å². The molecule has 0 bridgehead atoms. The van der Waals surface area contributed by atoms with Gasteiger partial charge in [-0.2, -0.15) is 0 Å². The molecule has 0 saturated heterocycles. The van der Waals surface area contributed by atoms with Gasteiger partial charge in [0.25, 0.3) is 0 Å². The molecule has 1 aromatic heterocycles. The molecule has 1 atom stereocenters. The first kappa shape index (κ1) is 7.85. The molecule has 0 aliphatic heterocycles. The number of aliphatic carboxylic acids is 1. The van der Waals surface area contributed by atoms with E-state index in [0.29, 0.717) is 0 Å². The fourth-order valence-corrected chi connectivity index (χ4v) is 0.924. The van der Waals surface area contributed by atoms with E-state index in [1.807, 2.05) is 30.1 Å². The number of rotatable bonds is 2. The number of carboxylic acid groups (broad SMARTS) is 1. The zero-order valence-electron chi connectivity index (χ0n) is 6.61. The molecule has 0 saturated carbocycles. The SMILES string of the molecule is CC(C(=O)O)c1ccn(C)c1. The Labute approximate surface area is 65.3 Å². The molecule has 0 fully saturated rings. The highest BCUT2D eigenvalue weighted by Crippen LogP contribution is 2.14. The molecule has 0 spiro atoms. The van der Waals surface area contributed by atoms with Crippen molar-refractivity contribution in [1.82, 2.24) is 4.57 Å². The number of aromatic nitrogens is 1. The van der Waals surface area contributed by atoms with Crippen molar-refractivity contribution in [3.8, 4) is 0 Å². The highest BCUT2D eigenvalue weighted by Gasteiger charge is 2.13. The normalized spacial score (nSPS) is 12.9. The monoisotopic (exact) mass is 153 g/mol. The summed E-state index contributed by atoms with van der Waals surface area (Å²) in [5.74, 6) is -1.19. The maximum atomic E-state index is 10.5. The molecular formula is C8H11NO2. The first-order chi connectivity index (χ1) is 5.11. The molecule has 60 valence electrons. The van der Waals surface area contributed by atoms with E-state index in [-0.39, 0.29) is 0 Å². The summed E-state index contributed by atoms with van der Waals surface area (Å²) in [6, 6.07) is 1.82. The molecule has 1 unspecified atom stereocenters. The van der Waals surface area contributed by atoms with Gasteiger partial charge >= 0.3 is 5.97 Å². The third-order valence-electron chi connectivity index (χ3n) is 1.73. The Hall–Kier alpha value is -1.25. The zero-order valence-corrected chi connectivity index (χ0v) is 6.61. The van der Waals surface area contributed by atoms with Crippen LogP contribution in [0.15, 0.2) is 18.5 Å². The van der Waals surface area contributed by atoms with E-state index in [0.717, 1.165) is 5.56 Å². The third kappa shape index (κ3) is 1.61. The zero-order chi connectivity index (χ0) is 8.43. The Morgan fingerprint density at radius 2 is 2.36 bits per heavy atom. The van der Waals surface area contributed by atoms with Crippen molar-refractivity contribution in [1.29, 1.82) is 0 Å². The third-order valence-corrected chi connectivity index (χ3v) is 1.73. The van der Waals surface area contributed by atoms with Gasteiger partial charge in [0.05, 0.1) is 5.92 Å². The van der Waals surface area contributed by atoms with Gasteiger partial charge in [-0.25, -0.2) is 0 Å². The van der Waals surface area contributed by atoms with E-state index in [1.54, 1.807) is 6.92 Å². The van der Waals surface area contributed by atoms with Crippen LogP contribution in [-0.2, 0) is 11.8 Å². The minimum atomic E-state index is -0.781. The van der Waals surface area contributed by atoms with Crippen molar-refractivity contribution >= 4 is 5.97 Å². The van der Waals surface area contributed by atoms with Crippen molar-refractivity contribution in [3.05, 3.63) is 24.0 Å². The van der Waals surface area contributed by atoms with E-state index >= 15 is 0 Å². The van der Waals surface area contributed by atoms with Gasteiger partial charge in [-0.15, -0.1) is 0 Å². The van der Waals surface area contributed by atoms with Crippen LogP contribution in [0.1, 0.15) is 18.4 Å². The summed E-state index contributed by atoms with van der Waals surface area (Å²) in [5, 5.41) is 8.64. The first-order valence-corrected chi connectivity index (χ1v) is 3.46. The molecule has 0 aliphatic rings. The van der Waals surface area contributed by atoms with Crippen LogP contribution in [0, 0.1) is 0 Å². The van der Waals surface area contributed by atoms with Crippen molar-refractivity contribution in [3.63, 3.8) is 0 Å². The van der Waals surface area contributed by atoms with Crippen LogP contribution in [0.2, 0.25) is 0 Å². The number of nitrogens with zero attached hydrogens (tertiary/aromatic N) is 1. The standard InChI is InChI=1S/C8H11NO2/c1-6(8(10)11)7-3-4-9(2)5-7/h3-6H,1-2H3,(H,10,11). The molecule has 1 rings (SSSR count). The van der Waals surface area contributed by atoms with Gasteiger partial charge in [-0.1, -0.05) is 0 Å². The second-order valence-corrected chi connectivity index (χ2v) is 2.67. The molecule has 0 aliphatic carbocycles. The summed E-state index contributed by atoms with van der Waals surface area (Å²) in [4.78, 5) is 10.5. The molecule has 1 N–H and O–H groups in total. The molecule has 0 amide bonds. The Balaban J connectivity index is 2.84. The van der Waals surface area contributed by atoms with Gasteiger partial charge in [0.1, 0.15) is 0 Å². The molecule has 0 radical (unpaired) electrons. The number of hydrogen-bond acceptors (Lipinski definition) is 1. The van der Waals surface area contributed by atoms with Crippen LogP contribution in [0.5, 0.6) is 0 Å². The first-order valence-electron chi connectivity index (χ1n) is 3.46. The van der Waals surface area contributed by atoms with E-state index in [9.17, 15) is 4.79 Å². The lowest BCUT2D eigenvalue weighted by atomic mass is 10.1. The molecule has 3 nitrogen and oxygen atoms in total. The van der Waals surface area contributed by atoms with Gasteiger partial charge in [-0.05, 0) is 18.6 Å². The van der Waals surface area contributed by atoms with E-state index < -0.39 is 11.9 Å². The number of carbonyl (C=O) groups is 1. The smallest absolute Gasteiger partial charge is 0.310 e. The van der Waals surface area contributed by atoms with Gasteiger partial charge in [-0.3, -0.25) is 4.79 Å². The molecule has 3 heteroatoms. The molecule has 11 heavy (non-hydrogen) atoms. The Morgan fingerprint density at radius 3 is 2.73 bits per heavy atom. The lowest BCUT2D eigenvalue weighted by Gasteiger charge is -2.00. The molecule has 1 aromatic rings. The number of carboxylic acids is 1. The average Bonchev–Trinajstić information content (AvgIpc) is 2.34. The van der Waals surface area contributed by atoms with Crippen LogP contribution in [-0.4, -0.2) is 15.6 Å². The minimum Gasteiger partial charge on any atom is -0.481 e. The lowest BCUT2D eigenvalue weighted by molar-refractivity contribution is -0.138. The highest BCUT2D eigenvalue weighted by atomic mass is 16.4. The number of hydrogen-bond donors (Lipinski definition) is 1. The van der Waals surface area contributed by atoms with Crippen molar-refractivity contribution < 1.29 is 9.90 Å². The van der Waals surface area contributed by atoms with Crippen molar-refractivity contribution in [2.75, 3.05) is 0 Å². The van der Waals surface area contributed by atoms with Crippen LogP contribution in [0.4, 0.5) is 0 Å². The predicted molar refractivity (Wildman–Crippen MR) is 41.5 cm³/mol. The van der Waals surface area contributed by atoms with Crippen molar-refractivity contribution in [2.45, 2.75) is 12.8 Å². The fourth-order valence-electron chi connectivity index (χ4n) is 0.924. The van der Waals surface area contributed by atoms with E-state index in [2.05, 4.69) is 0 Å². The maximum absolute atomic E-state index is 10.5. The van der Waals surface area contributed by atoms with Crippen molar-refractivity contribution in [2.24, 2.45) is 7.05 Å². The van der Waals surface area contributed by atoms with E-state index in [1.165, 1.54) is 0 Å². The minimum absolute atomic E-state index is 0.406. The second-order valence-electron chi connectivity index (χ2n) is 2.67. The maximum Gasteiger partial charge on any atom is 0.310 e. The summed E-state index contributed by atoms with van der Waals surface area (Å²) >= 11 is 0. The van der Waals surface area contributed by atoms with E-state index in [4.69, 9.17) is 5.11 Å². The Bertz CT molecular complexity index is 265. The quantitative estimate of drug-likeness (QED) is 0.694. The highest BCUT2D eigenvalue weighted by molar-refractivity contribution is 5.75. The summed E-state index contributed by atoms with van der Waals surface area (Å²) in [6.45, 7) is 1.68. The fraction of sp³-hybridized carbons (Fsp3) is 0.375. The van der Waals surface area contributed by atoms with Gasteiger partial charge in [0.2, 0.25) is 0 Å². The summed E-state index contributed by atoms with van der Waals surface area (Å²) in [5.41, 5.74) is 0.847. The Morgan fingerprint density at radius 1 is 1.73 bits per heavy atom.